The second-order valence-corrected chi connectivity index (χ2v) is 4.56. The van der Waals surface area contributed by atoms with Gasteiger partial charge in [0.05, 0.1) is 15.2 Å². The quantitative estimate of drug-likeness (QED) is 0.829. The molecule has 1 aromatic carbocycles. The molecule has 0 aliphatic heterocycles. The van der Waals surface area contributed by atoms with Gasteiger partial charge >= 0.3 is 0 Å². The number of amides is 1. The largest absolute Gasteiger partial charge is 0.324 e. The Labute approximate surface area is 101 Å². The normalized spacial score (nSPS) is 12.3. The van der Waals surface area contributed by atoms with Crippen LogP contribution in [0.25, 0.3) is 0 Å². The molecule has 1 atom stereocenters. The molecule has 76 valence electrons. The van der Waals surface area contributed by atoms with Crippen LogP contribution in [0.3, 0.4) is 0 Å². The van der Waals surface area contributed by atoms with Gasteiger partial charge in [0.25, 0.3) is 0 Å². The molecule has 2 nitrogen and oxygen atoms in total. The molecule has 0 saturated heterocycles. The molecule has 0 aliphatic rings. The van der Waals surface area contributed by atoms with Crippen LogP contribution < -0.4 is 5.32 Å². The first-order valence-electron chi connectivity index (χ1n) is 3.91. The van der Waals surface area contributed by atoms with E-state index in [1.165, 1.54) is 0 Å². The van der Waals surface area contributed by atoms with E-state index in [0.29, 0.717) is 15.2 Å². The number of halogens is 3. The smallest absolute Gasteiger partial charge is 0.242 e. The van der Waals surface area contributed by atoms with Gasteiger partial charge in [-0.05, 0) is 35.0 Å². The Morgan fingerprint density at radius 1 is 1.57 bits per heavy atom. The van der Waals surface area contributed by atoms with Crippen molar-refractivity contribution in [3.8, 4) is 0 Å². The highest BCUT2D eigenvalue weighted by Crippen LogP contribution is 2.30. The van der Waals surface area contributed by atoms with Crippen LogP contribution in [0.1, 0.15) is 6.92 Å². The molecule has 0 radical (unpaired) electrons. The summed E-state index contributed by atoms with van der Waals surface area (Å²) in [6.45, 7) is 1.61. The van der Waals surface area contributed by atoms with E-state index >= 15 is 0 Å². The highest BCUT2D eigenvalue weighted by molar-refractivity contribution is 9.10. The standard InChI is InChI=1S/C9H8BrCl2NO/c1-5(11)9(14)13-7-4-2-3-6(12)8(7)10/h2-5H,1H3,(H,13,14). The summed E-state index contributed by atoms with van der Waals surface area (Å²) < 4.78 is 0.660. The third-order valence-electron chi connectivity index (χ3n) is 1.57. The molecule has 1 rings (SSSR count). The third kappa shape index (κ3) is 2.87. The summed E-state index contributed by atoms with van der Waals surface area (Å²) in [5.74, 6) is -0.255. The second kappa shape index (κ2) is 5.01. The lowest BCUT2D eigenvalue weighted by molar-refractivity contribution is -0.115. The van der Waals surface area contributed by atoms with E-state index in [9.17, 15) is 4.79 Å². The first kappa shape index (κ1) is 11.8. The number of carbonyl (C=O) groups is 1. The molecule has 0 spiro atoms. The molecule has 14 heavy (non-hydrogen) atoms. The van der Waals surface area contributed by atoms with Crippen LogP contribution in [0.5, 0.6) is 0 Å². The second-order valence-electron chi connectivity index (χ2n) is 2.71. The summed E-state index contributed by atoms with van der Waals surface area (Å²) in [6, 6.07) is 5.22. The number of rotatable bonds is 2. The van der Waals surface area contributed by atoms with Gasteiger partial charge in [0.2, 0.25) is 5.91 Å². The van der Waals surface area contributed by atoms with Gasteiger partial charge in [-0.2, -0.15) is 0 Å². The summed E-state index contributed by atoms with van der Waals surface area (Å²) in [4.78, 5) is 11.3. The molecule has 0 aliphatic carbocycles. The third-order valence-corrected chi connectivity index (χ3v) is 3.17. The van der Waals surface area contributed by atoms with Crippen molar-refractivity contribution in [2.75, 3.05) is 5.32 Å². The fraction of sp³-hybridized carbons (Fsp3) is 0.222. The summed E-state index contributed by atoms with van der Waals surface area (Å²) >= 11 is 14.7. The predicted molar refractivity (Wildman–Crippen MR) is 63.1 cm³/mol. The molecule has 0 bridgehead atoms. The van der Waals surface area contributed by atoms with E-state index in [1.807, 2.05) is 0 Å². The van der Waals surface area contributed by atoms with Crippen LogP contribution in [0.4, 0.5) is 5.69 Å². The Morgan fingerprint density at radius 2 is 2.21 bits per heavy atom. The average molecular weight is 297 g/mol. The highest BCUT2D eigenvalue weighted by Gasteiger charge is 2.11. The molecular weight excluding hydrogens is 289 g/mol. The van der Waals surface area contributed by atoms with Crippen molar-refractivity contribution in [3.05, 3.63) is 27.7 Å². The van der Waals surface area contributed by atoms with E-state index in [4.69, 9.17) is 23.2 Å². The van der Waals surface area contributed by atoms with E-state index in [0.717, 1.165) is 0 Å². The van der Waals surface area contributed by atoms with Gasteiger partial charge in [0.15, 0.2) is 0 Å². The average Bonchev–Trinajstić information content (AvgIpc) is 2.12. The van der Waals surface area contributed by atoms with Gasteiger partial charge < -0.3 is 5.32 Å². The van der Waals surface area contributed by atoms with Gasteiger partial charge in [-0.3, -0.25) is 4.79 Å². The van der Waals surface area contributed by atoms with Gasteiger partial charge in [-0.1, -0.05) is 17.7 Å². The van der Waals surface area contributed by atoms with Crippen LogP contribution in [-0.4, -0.2) is 11.3 Å². The number of benzene rings is 1. The summed E-state index contributed by atoms with van der Waals surface area (Å²) in [5, 5.41) is 2.63. The Morgan fingerprint density at radius 3 is 2.79 bits per heavy atom. The maximum Gasteiger partial charge on any atom is 0.242 e. The lowest BCUT2D eigenvalue weighted by atomic mass is 10.3. The number of alkyl halides is 1. The predicted octanol–water partition coefficient (Wildman–Crippen LogP) is 3.67. The molecule has 5 heteroatoms. The molecule has 0 heterocycles. The van der Waals surface area contributed by atoms with Crippen molar-refractivity contribution in [2.24, 2.45) is 0 Å². The molecular formula is C9H8BrCl2NO. The van der Waals surface area contributed by atoms with Crippen molar-refractivity contribution < 1.29 is 4.79 Å². The number of nitrogens with one attached hydrogen (secondary N) is 1. The summed E-state index contributed by atoms with van der Waals surface area (Å²) in [6.07, 6.45) is 0. The molecule has 1 unspecified atom stereocenters. The molecule has 1 N–H and O–H groups in total. The minimum Gasteiger partial charge on any atom is -0.324 e. The van der Waals surface area contributed by atoms with Crippen LogP contribution in [-0.2, 0) is 4.79 Å². The fourth-order valence-electron chi connectivity index (χ4n) is 0.833. The van der Waals surface area contributed by atoms with Crippen LogP contribution in [0.2, 0.25) is 5.02 Å². The van der Waals surface area contributed by atoms with Crippen LogP contribution in [0, 0.1) is 0 Å². The lowest BCUT2D eigenvalue weighted by Gasteiger charge is -2.08. The monoisotopic (exact) mass is 295 g/mol. The van der Waals surface area contributed by atoms with Crippen molar-refractivity contribution in [1.82, 2.24) is 0 Å². The van der Waals surface area contributed by atoms with Crippen LogP contribution in [0.15, 0.2) is 22.7 Å². The zero-order chi connectivity index (χ0) is 10.7. The molecule has 0 aromatic heterocycles. The van der Waals surface area contributed by atoms with Crippen molar-refractivity contribution in [3.63, 3.8) is 0 Å². The zero-order valence-electron chi connectivity index (χ0n) is 7.35. The van der Waals surface area contributed by atoms with Gasteiger partial charge in [0, 0.05) is 0 Å². The minimum absolute atomic E-state index is 0.255. The first-order chi connectivity index (χ1) is 6.52. The number of anilines is 1. The molecule has 1 aromatic rings. The van der Waals surface area contributed by atoms with Gasteiger partial charge in [0.1, 0.15) is 5.38 Å². The molecule has 1 amide bonds. The van der Waals surface area contributed by atoms with Crippen molar-refractivity contribution in [1.29, 1.82) is 0 Å². The summed E-state index contributed by atoms with van der Waals surface area (Å²) in [5.41, 5.74) is 0.620. The Hall–Kier alpha value is -0.250. The van der Waals surface area contributed by atoms with E-state index < -0.39 is 5.38 Å². The number of hydrogen-bond donors (Lipinski definition) is 1. The Balaban J connectivity index is 2.87. The molecule has 0 fully saturated rings. The SMILES string of the molecule is CC(Cl)C(=O)Nc1cccc(Cl)c1Br. The van der Waals surface area contributed by atoms with Crippen molar-refractivity contribution in [2.45, 2.75) is 12.3 Å². The number of hydrogen-bond acceptors (Lipinski definition) is 1. The van der Waals surface area contributed by atoms with Crippen LogP contribution >= 0.6 is 39.1 Å². The maximum atomic E-state index is 11.3. The molecule has 0 saturated carbocycles. The Bertz CT molecular complexity index is 355. The maximum absolute atomic E-state index is 11.3. The Kier molecular flexibility index (Phi) is 4.23. The zero-order valence-corrected chi connectivity index (χ0v) is 10.4. The van der Waals surface area contributed by atoms with E-state index in [1.54, 1.807) is 25.1 Å². The van der Waals surface area contributed by atoms with Gasteiger partial charge in [-0.25, -0.2) is 0 Å². The highest BCUT2D eigenvalue weighted by atomic mass is 79.9. The van der Waals surface area contributed by atoms with E-state index in [-0.39, 0.29) is 5.91 Å². The lowest BCUT2D eigenvalue weighted by Crippen LogP contribution is -2.20. The minimum atomic E-state index is -0.569. The fourth-order valence-corrected chi connectivity index (χ4v) is 1.43. The van der Waals surface area contributed by atoms with Gasteiger partial charge in [-0.15, -0.1) is 11.6 Å². The summed E-state index contributed by atoms with van der Waals surface area (Å²) in [7, 11) is 0. The number of carbonyl (C=O) groups excluding carboxylic acids is 1. The van der Waals surface area contributed by atoms with E-state index in [2.05, 4.69) is 21.2 Å². The topological polar surface area (TPSA) is 29.1 Å². The first-order valence-corrected chi connectivity index (χ1v) is 5.52. The van der Waals surface area contributed by atoms with Crippen molar-refractivity contribution >= 4 is 50.7 Å².